The topological polar surface area (TPSA) is 107 Å². The van der Waals surface area contributed by atoms with E-state index in [0.717, 1.165) is 31.3 Å². The van der Waals surface area contributed by atoms with E-state index in [-0.39, 0.29) is 18.2 Å². The van der Waals surface area contributed by atoms with Gasteiger partial charge in [0, 0.05) is 43.4 Å². The number of halogens is 1. The molecular weight excluding hydrogens is 463 g/mol. The van der Waals surface area contributed by atoms with Crippen molar-refractivity contribution in [1.82, 2.24) is 19.9 Å². The van der Waals surface area contributed by atoms with Gasteiger partial charge in [-0.05, 0) is 50.9 Å². The largest absolute Gasteiger partial charge is 0.395 e. The quantitative estimate of drug-likeness (QED) is 0.455. The molecule has 0 saturated carbocycles. The molecule has 0 aromatic carbocycles. The lowest BCUT2D eigenvalue weighted by Gasteiger charge is -2.39. The average Bonchev–Trinajstić information content (AvgIpc) is 2.90. The van der Waals surface area contributed by atoms with Crippen molar-refractivity contribution in [3.05, 3.63) is 48.2 Å². The summed E-state index contributed by atoms with van der Waals surface area (Å²) in [5, 5.41) is 24.5. The Kier molecular flexibility index (Phi) is 7.29. The van der Waals surface area contributed by atoms with Crippen LogP contribution in [0.15, 0.2) is 36.7 Å². The van der Waals surface area contributed by atoms with Crippen LogP contribution in [0.3, 0.4) is 0 Å². The van der Waals surface area contributed by atoms with Gasteiger partial charge in [0.2, 0.25) is 0 Å². The molecule has 10 heteroatoms. The first kappa shape index (κ1) is 24.8. The first-order valence-corrected chi connectivity index (χ1v) is 12.5. The number of β-amino-alcohol motifs (C(OH)–C–C–N with tert-alkyl or cyclic N) is 1. The van der Waals surface area contributed by atoms with Gasteiger partial charge in [-0.15, -0.1) is 0 Å². The first-order valence-electron chi connectivity index (χ1n) is 12.5. The van der Waals surface area contributed by atoms with Gasteiger partial charge in [0.1, 0.15) is 17.2 Å². The summed E-state index contributed by atoms with van der Waals surface area (Å²) < 4.78 is 20.0. The molecule has 3 aromatic rings. The van der Waals surface area contributed by atoms with Gasteiger partial charge in [0.05, 0.1) is 42.9 Å². The number of hydrogen-bond donors (Lipinski definition) is 3. The molecule has 192 valence electrons. The Morgan fingerprint density at radius 2 is 1.89 bits per heavy atom. The lowest BCUT2D eigenvalue weighted by Crippen LogP contribution is -2.43. The van der Waals surface area contributed by atoms with E-state index in [2.05, 4.69) is 25.1 Å². The SMILES string of the molecule is CC(O)(c1ccc2cnc(Nc3cc(N4CCOCC4)ncc3F)cc2n1)C1CCN(CCO)CC1. The summed E-state index contributed by atoms with van der Waals surface area (Å²) in [6, 6.07) is 7.22. The number of rotatable bonds is 7. The van der Waals surface area contributed by atoms with Crippen LogP contribution in [0.2, 0.25) is 0 Å². The fourth-order valence-corrected chi connectivity index (χ4v) is 5.06. The molecule has 1 unspecified atom stereocenters. The fraction of sp³-hybridized carbons (Fsp3) is 0.500. The van der Waals surface area contributed by atoms with E-state index in [9.17, 15) is 14.6 Å². The second-order valence-corrected chi connectivity index (χ2v) is 9.69. The number of hydrogen-bond acceptors (Lipinski definition) is 9. The van der Waals surface area contributed by atoms with E-state index in [4.69, 9.17) is 9.72 Å². The van der Waals surface area contributed by atoms with Crippen LogP contribution in [0, 0.1) is 11.7 Å². The minimum atomic E-state index is -1.08. The van der Waals surface area contributed by atoms with Crippen LogP contribution in [0.5, 0.6) is 0 Å². The number of anilines is 3. The van der Waals surface area contributed by atoms with Crippen LogP contribution in [0.4, 0.5) is 21.7 Å². The number of morpholine rings is 1. The van der Waals surface area contributed by atoms with Crippen LogP contribution in [-0.2, 0) is 10.3 Å². The highest BCUT2D eigenvalue weighted by molar-refractivity contribution is 5.81. The van der Waals surface area contributed by atoms with Crippen molar-refractivity contribution in [3.8, 4) is 0 Å². The summed E-state index contributed by atoms with van der Waals surface area (Å²) in [5.41, 5.74) is 0.486. The lowest BCUT2D eigenvalue weighted by atomic mass is 9.79. The van der Waals surface area contributed by atoms with Gasteiger partial charge in [-0.25, -0.2) is 19.3 Å². The van der Waals surface area contributed by atoms with Gasteiger partial charge < -0.3 is 30.1 Å². The zero-order valence-electron chi connectivity index (χ0n) is 20.5. The number of nitrogens with zero attached hydrogens (tertiary/aromatic N) is 5. The second-order valence-electron chi connectivity index (χ2n) is 9.69. The number of pyridine rings is 3. The molecule has 9 nitrogen and oxygen atoms in total. The summed E-state index contributed by atoms with van der Waals surface area (Å²) in [7, 11) is 0. The number of aliphatic hydroxyl groups is 2. The van der Waals surface area contributed by atoms with Crippen LogP contribution in [0.1, 0.15) is 25.5 Å². The van der Waals surface area contributed by atoms with Crippen molar-refractivity contribution in [2.24, 2.45) is 5.92 Å². The first-order chi connectivity index (χ1) is 17.4. The number of piperidine rings is 1. The van der Waals surface area contributed by atoms with Crippen molar-refractivity contribution in [2.75, 3.05) is 62.8 Å². The Morgan fingerprint density at radius 3 is 2.64 bits per heavy atom. The Labute approximate surface area is 209 Å². The predicted molar refractivity (Wildman–Crippen MR) is 136 cm³/mol. The van der Waals surface area contributed by atoms with E-state index in [1.807, 2.05) is 19.1 Å². The van der Waals surface area contributed by atoms with E-state index >= 15 is 0 Å². The highest BCUT2D eigenvalue weighted by atomic mass is 19.1. The fourth-order valence-electron chi connectivity index (χ4n) is 5.06. The molecule has 2 aliphatic heterocycles. The standard InChI is InChI=1S/C26H33FN6O3/c1-26(35,19-4-6-32(7-5-19)8-11-34)23-3-2-18-16-28-24(14-21(18)30-23)31-22-15-25(29-17-20(22)27)33-9-12-36-13-10-33/h2-3,14-17,19,34-35H,4-13H2,1H3,(H,28,29,31). The molecule has 5 rings (SSSR count). The molecule has 3 aromatic heterocycles. The van der Waals surface area contributed by atoms with Gasteiger partial charge in [0.15, 0.2) is 5.82 Å². The predicted octanol–water partition coefficient (Wildman–Crippen LogP) is 2.66. The van der Waals surface area contributed by atoms with Crippen LogP contribution in [-0.4, -0.2) is 82.6 Å². The van der Waals surface area contributed by atoms with E-state index < -0.39 is 11.4 Å². The Hall–Kier alpha value is -2.92. The minimum Gasteiger partial charge on any atom is -0.395 e. The summed E-state index contributed by atoms with van der Waals surface area (Å²) in [6.45, 7) is 6.98. The molecule has 0 spiro atoms. The number of nitrogens with one attached hydrogen (secondary N) is 1. The highest BCUT2D eigenvalue weighted by Crippen LogP contribution is 2.36. The maximum atomic E-state index is 14.6. The maximum absolute atomic E-state index is 14.6. The van der Waals surface area contributed by atoms with Gasteiger partial charge >= 0.3 is 0 Å². The molecule has 0 radical (unpaired) electrons. The monoisotopic (exact) mass is 496 g/mol. The number of ether oxygens (including phenoxy) is 1. The molecule has 2 aliphatic rings. The smallest absolute Gasteiger partial charge is 0.165 e. The summed E-state index contributed by atoms with van der Waals surface area (Å²) in [4.78, 5) is 17.7. The zero-order valence-corrected chi connectivity index (χ0v) is 20.5. The molecule has 0 amide bonds. The molecule has 3 N–H and O–H groups in total. The normalized spacial score (nSPS) is 19.4. The number of aromatic nitrogens is 3. The third-order valence-corrected chi connectivity index (χ3v) is 7.33. The molecule has 2 fully saturated rings. The third-order valence-electron chi connectivity index (χ3n) is 7.33. The molecule has 2 saturated heterocycles. The van der Waals surface area contributed by atoms with E-state index in [1.165, 1.54) is 6.20 Å². The van der Waals surface area contributed by atoms with Gasteiger partial charge in [0.25, 0.3) is 0 Å². The van der Waals surface area contributed by atoms with Crippen molar-refractivity contribution in [2.45, 2.75) is 25.4 Å². The molecule has 0 aliphatic carbocycles. The second kappa shape index (κ2) is 10.6. The van der Waals surface area contributed by atoms with Crippen LogP contribution < -0.4 is 10.2 Å². The van der Waals surface area contributed by atoms with Crippen LogP contribution in [0.25, 0.3) is 10.9 Å². The van der Waals surface area contributed by atoms with E-state index in [1.54, 1.807) is 18.3 Å². The Balaban J connectivity index is 1.36. The molecule has 5 heterocycles. The summed E-state index contributed by atoms with van der Waals surface area (Å²) in [6.07, 6.45) is 4.58. The van der Waals surface area contributed by atoms with Gasteiger partial charge in [-0.1, -0.05) is 0 Å². The minimum absolute atomic E-state index is 0.0707. The Morgan fingerprint density at radius 1 is 1.11 bits per heavy atom. The maximum Gasteiger partial charge on any atom is 0.165 e. The highest BCUT2D eigenvalue weighted by Gasteiger charge is 2.37. The third kappa shape index (κ3) is 5.27. The molecule has 1 atom stereocenters. The van der Waals surface area contributed by atoms with Crippen LogP contribution >= 0.6 is 0 Å². The zero-order chi connectivity index (χ0) is 25.1. The van der Waals surface area contributed by atoms with Crippen molar-refractivity contribution in [1.29, 1.82) is 0 Å². The number of likely N-dealkylation sites (tertiary alicyclic amines) is 1. The van der Waals surface area contributed by atoms with Gasteiger partial charge in [-0.3, -0.25) is 0 Å². The Bertz CT molecular complexity index is 1200. The average molecular weight is 497 g/mol. The lowest BCUT2D eigenvalue weighted by molar-refractivity contribution is -0.0372. The molecular formula is C26H33FN6O3. The number of fused-ring (bicyclic) bond motifs is 1. The van der Waals surface area contributed by atoms with Crippen molar-refractivity contribution >= 4 is 28.2 Å². The summed E-state index contributed by atoms with van der Waals surface area (Å²) in [5.74, 6) is 0.749. The van der Waals surface area contributed by atoms with Gasteiger partial charge in [-0.2, -0.15) is 0 Å². The van der Waals surface area contributed by atoms with E-state index in [0.29, 0.717) is 55.7 Å². The molecule has 0 bridgehead atoms. The van der Waals surface area contributed by atoms with Crippen molar-refractivity contribution < 1.29 is 19.3 Å². The number of aliphatic hydroxyl groups excluding tert-OH is 1. The summed E-state index contributed by atoms with van der Waals surface area (Å²) >= 11 is 0. The molecule has 36 heavy (non-hydrogen) atoms. The van der Waals surface area contributed by atoms with Crippen molar-refractivity contribution in [3.63, 3.8) is 0 Å².